The van der Waals surface area contributed by atoms with Crippen molar-refractivity contribution in [2.75, 3.05) is 0 Å². The third-order valence-electron chi connectivity index (χ3n) is 3.36. The minimum atomic E-state index is 1.04. The normalized spacial score (nSPS) is 12.8. The number of allylic oxidation sites excluding steroid dienone is 3. The van der Waals surface area contributed by atoms with Gasteiger partial charge in [-0.3, -0.25) is 4.98 Å². The fraction of sp³-hybridized carbons (Fsp3) is 0.111. The summed E-state index contributed by atoms with van der Waals surface area (Å²) in [6.45, 7) is 4.22. The highest BCUT2D eigenvalue weighted by Gasteiger charge is 2.07. The molecule has 3 rings (SSSR count). The summed E-state index contributed by atoms with van der Waals surface area (Å²) in [7, 11) is 0. The summed E-state index contributed by atoms with van der Waals surface area (Å²) in [5.74, 6) is 0. The second-order valence-electron chi connectivity index (χ2n) is 4.85. The maximum atomic E-state index is 4.49. The lowest BCUT2D eigenvalue weighted by atomic mass is 9.97. The summed E-state index contributed by atoms with van der Waals surface area (Å²) in [5.41, 5.74) is 10.2. The third-order valence-corrected chi connectivity index (χ3v) is 3.36. The predicted molar refractivity (Wildman–Crippen MR) is 79.8 cm³/mol. The number of nitrogens with zero attached hydrogens (tertiary/aromatic N) is 1. The zero-order valence-electron chi connectivity index (χ0n) is 11.1. The molecule has 0 bridgehead atoms. The van der Waals surface area contributed by atoms with Crippen LogP contribution in [0.3, 0.4) is 0 Å². The molecule has 0 amide bonds. The third kappa shape index (κ3) is 2.29. The first-order valence-electron chi connectivity index (χ1n) is 6.41. The fourth-order valence-corrected chi connectivity index (χ4v) is 2.26. The Kier molecular flexibility index (Phi) is 2.91. The Labute approximate surface area is 113 Å². The summed E-state index contributed by atoms with van der Waals surface area (Å²) >= 11 is 0. The SMILES string of the molecule is Cc1ccnc(-c2cc(C3=CC=C=C3)ccc2C)c1. The molecule has 1 aromatic heterocycles. The van der Waals surface area contributed by atoms with Gasteiger partial charge in [-0.1, -0.05) is 12.1 Å². The molecule has 0 radical (unpaired) electrons. The van der Waals surface area contributed by atoms with Crippen LogP contribution in [0, 0.1) is 13.8 Å². The van der Waals surface area contributed by atoms with Crippen LogP contribution in [0.5, 0.6) is 0 Å². The van der Waals surface area contributed by atoms with Crippen molar-refractivity contribution in [2.24, 2.45) is 0 Å². The van der Waals surface area contributed by atoms with E-state index in [1.807, 2.05) is 24.4 Å². The number of aryl methyl sites for hydroxylation is 2. The molecule has 92 valence electrons. The van der Waals surface area contributed by atoms with Crippen molar-refractivity contribution < 1.29 is 0 Å². The average molecular weight is 245 g/mol. The van der Waals surface area contributed by atoms with Gasteiger partial charge in [0, 0.05) is 11.8 Å². The minimum absolute atomic E-state index is 1.04. The lowest BCUT2D eigenvalue weighted by Gasteiger charge is -2.09. The van der Waals surface area contributed by atoms with Gasteiger partial charge in [0.2, 0.25) is 0 Å². The quantitative estimate of drug-likeness (QED) is 0.711. The van der Waals surface area contributed by atoms with Gasteiger partial charge in [0.15, 0.2) is 0 Å². The van der Waals surface area contributed by atoms with E-state index in [9.17, 15) is 0 Å². The van der Waals surface area contributed by atoms with E-state index in [4.69, 9.17) is 0 Å². The Morgan fingerprint density at radius 1 is 1.05 bits per heavy atom. The van der Waals surface area contributed by atoms with Crippen LogP contribution in [0.25, 0.3) is 16.8 Å². The van der Waals surface area contributed by atoms with Crippen LogP contribution in [-0.4, -0.2) is 4.98 Å². The van der Waals surface area contributed by atoms with E-state index in [0.29, 0.717) is 0 Å². The Hall–Kier alpha value is -2.37. The molecule has 0 N–H and O–H groups in total. The Bertz CT molecular complexity index is 729. The topological polar surface area (TPSA) is 12.9 Å². The molecule has 1 heterocycles. The summed E-state index contributed by atoms with van der Waals surface area (Å²) in [4.78, 5) is 4.49. The lowest BCUT2D eigenvalue weighted by molar-refractivity contribution is 1.27. The maximum absolute atomic E-state index is 4.49. The van der Waals surface area contributed by atoms with Crippen LogP contribution in [0.4, 0.5) is 0 Å². The van der Waals surface area contributed by atoms with E-state index in [-0.39, 0.29) is 0 Å². The van der Waals surface area contributed by atoms with Crippen molar-refractivity contribution in [3.63, 3.8) is 0 Å². The van der Waals surface area contributed by atoms with Crippen LogP contribution in [0.2, 0.25) is 0 Å². The lowest BCUT2D eigenvalue weighted by Crippen LogP contribution is -1.90. The molecule has 1 aliphatic carbocycles. The number of aromatic nitrogens is 1. The van der Waals surface area contributed by atoms with Crippen molar-refractivity contribution >= 4 is 5.57 Å². The van der Waals surface area contributed by atoms with Gasteiger partial charge >= 0.3 is 0 Å². The van der Waals surface area contributed by atoms with E-state index in [2.05, 4.69) is 54.9 Å². The standard InChI is InChI=1S/C18H15N/c1-13-9-10-19-18(11-13)17-12-16(8-7-14(17)2)15-5-3-4-6-15/h3,5-12H,1-2H3. The Balaban J connectivity index is 2.10. The molecule has 1 aromatic carbocycles. The average Bonchev–Trinajstić information content (AvgIpc) is 2.93. The molecular weight excluding hydrogens is 230 g/mol. The van der Waals surface area contributed by atoms with Crippen LogP contribution < -0.4 is 0 Å². The number of rotatable bonds is 2. The van der Waals surface area contributed by atoms with Crippen molar-refractivity contribution in [2.45, 2.75) is 13.8 Å². The van der Waals surface area contributed by atoms with Gasteiger partial charge in [-0.15, -0.1) is 5.73 Å². The van der Waals surface area contributed by atoms with E-state index in [0.717, 1.165) is 5.69 Å². The molecular formula is C18H15N. The molecule has 0 unspecified atom stereocenters. The first-order chi connectivity index (χ1) is 9.24. The molecule has 0 saturated carbocycles. The van der Waals surface area contributed by atoms with Gasteiger partial charge in [-0.2, -0.15) is 0 Å². The van der Waals surface area contributed by atoms with E-state index < -0.39 is 0 Å². The van der Waals surface area contributed by atoms with Crippen molar-refractivity contribution in [3.8, 4) is 11.3 Å². The first kappa shape index (κ1) is 11.7. The summed E-state index contributed by atoms with van der Waals surface area (Å²) in [6, 6.07) is 10.7. The zero-order valence-corrected chi connectivity index (χ0v) is 11.1. The molecule has 1 heteroatoms. The number of benzene rings is 1. The van der Waals surface area contributed by atoms with Crippen LogP contribution in [0.15, 0.2) is 60.5 Å². The maximum Gasteiger partial charge on any atom is 0.0707 e. The molecule has 0 atom stereocenters. The highest BCUT2D eigenvalue weighted by atomic mass is 14.7. The monoisotopic (exact) mass is 245 g/mol. The summed E-state index contributed by atoms with van der Waals surface area (Å²) in [6.07, 6.45) is 7.91. The molecule has 0 spiro atoms. The fourth-order valence-electron chi connectivity index (χ4n) is 2.26. The van der Waals surface area contributed by atoms with Crippen molar-refractivity contribution in [1.29, 1.82) is 0 Å². The van der Waals surface area contributed by atoms with Crippen LogP contribution in [0.1, 0.15) is 16.7 Å². The van der Waals surface area contributed by atoms with Gasteiger partial charge in [0.05, 0.1) is 5.69 Å². The first-order valence-corrected chi connectivity index (χ1v) is 6.41. The van der Waals surface area contributed by atoms with Crippen molar-refractivity contribution in [1.82, 2.24) is 4.98 Å². The van der Waals surface area contributed by atoms with Gasteiger partial charge < -0.3 is 0 Å². The molecule has 0 fully saturated rings. The zero-order chi connectivity index (χ0) is 13.2. The molecule has 1 nitrogen and oxygen atoms in total. The van der Waals surface area contributed by atoms with Gasteiger partial charge in [-0.25, -0.2) is 0 Å². The van der Waals surface area contributed by atoms with Gasteiger partial charge in [0.1, 0.15) is 0 Å². The molecule has 0 aliphatic heterocycles. The number of hydrogen-bond donors (Lipinski definition) is 0. The van der Waals surface area contributed by atoms with Crippen molar-refractivity contribution in [3.05, 3.63) is 77.2 Å². The highest BCUT2D eigenvalue weighted by Crippen LogP contribution is 2.27. The Morgan fingerprint density at radius 3 is 2.68 bits per heavy atom. The van der Waals surface area contributed by atoms with E-state index >= 15 is 0 Å². The number of pyridine rings is 1. The molecule has 0 saturated heterocycles. The highest BCUT2D eigenvalue weighted by molar-refractivity contribution is 5.80. The van der Waals surface area contributed by atoms with E-state index in [1.165, 1.54) is 27.8 Å². The molecule has 2 aromatic rings. The van der Waals surface area contributed by atoms with Crippen LogP contribution >= 0.6 is 0 Å². The second-order valence-corrected chi connectivity index (χ2v) is 4.85. The smallest absolute Gasteiger partial charge is 0.0707 e. The summed E-state index contributed by atoms with van der Waals surface area (Å²) < 4.78 is 0. The second kappa shape index (κ2) is 4.72. The molecule has 19 heavy (non-hydrogen) atoms. The summed E-state index contributed by atoms with van der Waals surface area (Å²) in [5, 5.41) is 0. The van der Waals surface area contributed by atoms with Crippen LogP contribution in [-0.2, 0) is 0 Å². The predicted octanol–water partition coefficient (Wildman–Crippen LogP) is 4.47. The van der Waals surface area contributed by atoms with E-state index in [1.54, 1.807) is 0 Å². The Morgan fingerprint density at radius 2 is 1.95 bits per heavy atom. The largest absolute Gasteiger partial charge is 0.256 e. The minimum Gasteiger partial charge on any atom is -0.256 e. The van der Waals surface area contributed by atoms with Gasteiger partial charge in [-0.05, 0) is 72.5 Å². The van der Waals surface area contributed by atoms with Gasteiger partial charge in [0.25, 0.3) is 0 Å². The number of hydrogen-bond acceptors (Lipinski definition) is 1. The molecule has 1 aliphatic rings.